The highest BCUT2D eigenvalue weighted by molar-refractivity contribution is 6.03. The highest BCUT2D eigenvalue weighted by Crippen LogP contribution is 2.46. The maximum absolute atomic E-state index is 11.7. The molecule has 0 atom stereocenters. The van der Waals surface area contributed by atoms with Gasteiger partial charge in [0, 0.05) is 29.0 Å². The lowest BCUT2D eigenvalue weighted by atomic mass is 9.98. The number of carbonyl (C=O) groups excluding carboxylic acids is 1. The summed E-state index contributed by atoms with van der Waals surface area (Å²) in [6, 6.07) is 3.28. The second-order valence-corrected chi connectivity index (χ2v) is 5.39. The van der Waals surface area contributed by atoms with E-state index < -0.39 is 11.9 Å². The SMILES string of the molecule is COC(=O)/C=C/c1c(C(=O)O)[nH]c(C=N)c1-c1ccc(OC)c(OC)c1OC. The molecule has 0 saturated carbocycles. The van der Waals surface area contributed by atoms with Crippen molar-refractivity contribution in [3.8, 4) is 28.4 Å². The van der Waals surface area contributed by atoms with Gasteiger partial charge in [0.2, 0.25) is 5.75 Å². The lowest BCUT2D eigenvalue weighted by molar-refractivity contribution is -0.134. The Bertz CT molecular complexity index is 944. The third-order valence-electron chi connectivity index (χ3n) is 3.99. The number of methoxy groups -OCH3 is 4. The molecule has 0 aliphatic carbocycles. The summed E-state index contributed by atoms with van der Waals surface area (Å²) >= 11 is 0. The number of carbonyl (C=O) groups is 2. The Morgan fingerprint density at radius 2 is 1.75 bits per heavy atom. The van der Waals surface area contributed by atoms with Gasteiger partial charge in [0.1, 0.15) is 5.69 Å². The van der Waals surface area contributed by atoms with Crippen LogP contribution in [0.1, 0.15) is 21.7 Å². The molecule has 9 nitrogen and oxygen atoms in total. The quantitative estimate of drug-likeness (QED) is 0.360. The number of benzene rings is 1. The molecule has 0 bridgehead atoms. The van der Waals surface area contributed by atoms with Crippen molar-refractivity contribution in [2.45, 2.75) is 0 Å². The Morgan fingerprint density at radius 3 is 2.25 bits per heavy atom. The summed E-state index contributed by atoms with van der Waals surface area (Å²) in [5, 5.41) is 17.2. The van der Waals surface area contributed by atoms with Crippen molar-refractivity contribution in [1.82, 2.24) is 4.98 Å². The number of aromatic nitrogens is 1. The molecule has 0 amide bonds. The lowest BCUT2D eigenvalue weighted by Gasteiger charge is -2.16. The minimum atomic E-state index is -1.25. The first-order valence-electron chi connectivity index (χ1n) is 7.98. The summed E-state index contributed by atoms with van der Waals surface area (Å²) in [6.07, 6.45) is 3.39. The smallest absolute Gasteiger partial charge is 0.352 e. The monoisotopic (exact) mass is 388 g/mol. The van der Waals surface area contributed by atoms with Crippen molar-refractivity contribution in [2.24, 2.45) is 0 Å². The first-order chi connectivity index (χ1) is 13.4. The molecule has 2 aromatic rings. The third-order valence-corrected chi connectivity index (χ3v) is 3.99. The van der Waals surface area contributed by atoms with E-state index in [0.717, 1.165) is 12.3 Å². The summed E-state index contributed by atoms with van der Waals surface area (Å²) in [5.74, 6) is -0.898. The summed E-state index contributed by atoms with van der Waals surface area (Å²) in [7, 11) is 5.56. The summed E-state index contributed by atoms with van der Waals surface area (Å²) < 4.78 is 20.7. The lowest BCUT2D eigenvalue weighted by Crippen LogP contribution is -2.00. The molecule has 0 radical (unpaired) electrons. The van der Waals surface area contributed by atoms with E-state index in [1.807, 2.05) is 0 Å². The molecular weight excluding hydrogens is 368 g/mol. The van der Waals surface area contributed by atoms with Gasteiger partial charge < -0.3 is 34.4 Å². The predicted octanol–water partition coefficient (Wildman–Crippen LogP) is 2.59. The van der Waals surface area contributed by atoms with Gasteiger partial charge in [0.15, 0.2) is 11.5 Å². The Kier molecular flexibility index (Phi) is 6.43. The zero-order chi connectivity index (χ0) is 20.8. The summed E-state index contributed by atoms with van der Waals surface area (Å²) in [5.41, 5.74) is 1.01. The van der Waals surface area contributed by atoms with Gasteiger partial charge >= 0.3 is 11.9 Å². The minimum Gasteiger partial charge on any atom is -0.493 e. The van der Waals surface area contributed by atoms with Gasteiger partial charge in [-0.15, -0.1) is 0 Å². The largest absolute Gasteiger partial charge is 0.493 e. The van der Waals surface area contributed by atoms with E-state index in [1.165, 1.54) is 34.5 Å². The normalized spacial score (nSPS) is 10.6. The molecule has 28 heavy (non-hydrogen) atoms. The molecular formula is C19H20N2O7. The highest BCUT2D eigenvalue weighted by atomic mass is 16.5. The summed E-state index contributed by atoms with van der Waals surface area (Å²) in [6.45, 7) is 0. The van der Waals surface area contributed by atoms with E-state index in [2.05, 4.69) is 9.72 Å². The minimum absolute atomic E-state index is 0.182. The fraction of sp³-hybridized carbons (Fsp3) is 0.211. The molecule has 9 heteroatoms. The van der Waals surface area contributed by atoms with Crippen LogP contribution in [0.4, 0.5) is 0 Å². The van der Waals surface area contributed by atoms with Crippen LogP contribution in [0.5, 0.6) is 17.2 Å². The van der Waals surface area contributed by atoms with Crippen LogP contribution in [0, 0.1) is 5.41 Å². The molecule has 3 N–H and O–H groups in total. The van der Waals surface area contributed by atoms with Crippen molar-refractivity contribution >= 4 is 24.2 Å². The molecule has 0 spiro atoms. The maximum Gasteiger partial charge on any atom is 0.352 e. The van der Waals surface area contributed by atoms with Crippen molar-refractivity contribution in [3.05, 3.63) is 35.2 Å². The zero-order valence-corrected chi connectivity index (χ0v) is 15.8. The van der Waals surface area contributed by atoms with Gasteiger partial charge in [-0.25, -0.2) is 9.59 Å². The molecule has 0 aliphatic rings. The molecule has 0 aliphatic heterocycles. The van der Waals surface area contributed by atoms with Crippen LogP contribution in [-0.2, 0) is 9.53 Å². The van der Waals surface area contributed by atoms with Gasteiger partial charge in [-0.1, -0.05) is 0 Å². The number of H-pyrrole nitrogens is 1. The van der Waals surface area contributed by atoms with Crippen molar-refractivity contribution in [2.75, 3.05) is 28.4 Å². The average molecular weight is 388 g/mol. The van der Waals surface area contributed by atoms with Gasteiger partial charge in [-0.05, 0) is 18.2 Å². The first kappa shape index (κ1) is 20.6. The number of esters is 1. The Hall–Kier alpha value is -3.75. The van der Waals surface area contributed by atoms with Crippen LogP contribution in [-0.4, -0.2) is 56.7 Å². The second-order valence-electron chi connectivity index (χ2n) is 5.39. The topological polar surface area (TPSA) is 131 Å². The number of aromatic amines is 1. The molecule has 2 rings (SSSR count). The van der Waals surface area contributed by atoms with Crippen LogP contribution in [0.15, 0.2) is 18.2 Å². The van der Waals surface area contributed by atoms with Gasteiger partial charge in [0.05, 0.1) is 34.1 Å². The fourth-order valence-corrected chi connectivity index (χ4v) is 2.79. The van der Waals surface area contributed by atoms with Crippen molar-refractivity contribution in [1.29, 1.82) is 5.41 Å². The summed E-state index contributed by atoms with van der Waals surface area (Å²) in [4.78, 5) is 25.9. The number of hydrogen-bond acceptors (Lipinski definition) is 7. The van der Waals surface area contributed by atoms with E-state index in [1.54, 1.807) is 12.1 Å². The van der Waals surface area contributed by atoms with E-state index in [-0.39, 0.29) is 22.7 Å². The van der Waals surface area contributed by atoms with Gasteiger partial charge in [-0.2, -0.15) is 0 Å². The molecule has 1 aromatic heterocycles. The van der Waals surface area contributed by atoms with Crippen LogP contribution >= 0.6 is 0 Å². The predicted molar refractivity (Wildman–Crippen MR) is 102 cm³/mol. The Labute approximate surface area is 161 Å². The maximum atomic E-state index is 11.7. The average Bonchev–Trinajstić information content (AvgIpc) is 3.09. The van der Waals surface area contributed by atoms with Crippen LogP contribution < -0.4 is 14.2 Å². The number of nitrogens with one attached hydrogen (secondary N) is 2. The molecule has 0 unspecified atom stereocenters. The van der Waals surface area contributed by atoms with E-state index >= 15 is 0 Å². The van der Waals surface area contributed by atoms with E-state index in [0.29, 0.717) is 22.6 Å². The highest BCUT2D eigenvalue weighted by Gasteiger charge is 2.25. The number of rotatable bonds is 8. The van der Waals surface area contributed by atoms with Crippen LogP contribution in [0.2, 0.25) is 0 Å². The second kappa shape index (κ2) is 8.76. The van der Waals surface area contributed by atoms with Crippen LogP contribution in [0.25, 0.3) is 17.2 Å². The molecule has 0 fully saturated rings. The first-order valence-corrected chi connectivity index (χ1v) is 7.98. The number of ether oxygens (including phenoxy) is 4. The van der Waals surface area contributed by atoms with Crippen molar-refractivity contribution in [3.63, 3.8) is 0 Å². The zero-order valence-electron chi connectivity index (χ0n) is 15.8. The number of carboxylic acids is 1. The van der Waals surface area contributed by atoms with E-state index in [4.69, 9.17) is 19.6 Å². The van der Waals surface area contributed by atoms with Crippen LogP contribution in [0.3, 0.4) is 0 Å². The third kappa shape index (κ3) is 3.68. The number of carboxylic acid groups (broad SMARTS) is 1. The van der Waals surface area contributed by atoms with Gasteiger partial charge in [0.25, 0.3) is 0 Å². The fourth-order valence-electron chi connectivity index (χ4n) is 2.79. The molecule has 1 heterocycles. The van der Waals surface area contributed by atoms with E-state index in [9.17, 15) is 14.7 Å². The Morgan fingerprint density at radius 1 is 1.07 bits per heavy atom. The molecule has 148 valence electrons. The number of hydrogen-bond donors (Lipinski definition) is 3. The Balaban J connectivity index is 2.88. The molecule has 0 saturated heterocycles. The molecule has 1 aromatic carbocycles. The van der Waals surface area contributed by atoms with Crippen molar-refractivity contribution < 1.29 is 33.6 Å². The number of aromatic carboxylic acids is 1. The standard InChI is InChI=1S/C19H20N2O7/c1-25-13-7-5-11(17(27-3)18(13)28-4)15-10(6-8-14(22)26-2)16(19(23)24)21-12(15)9-20/h5-9,20-21H,1-4H3,(H,23,24)/b8-6+,20-9?. The van der Waals surface area contributed by atoms with Gasteiger partial charge in [-0.3, -0.25) is 0 Å².